The van der Waals surface area contributed by atoms with Crippen molar-refractivity contribution in [2.24, 2.45) is 0 Å². The highest BCUT2D eigenvalue weighted by Crippen LogP contribution is 2.13. The highest BCUT2D eigenvalue weighted by molar-refractivity contribution is 4.73. The van der Waals surface area contributed by atoms with Gasteiger partial charge in [0.1, 0.15) is 5.67 Å². The molecule has 0 aliphatic carbocycles. The molecule has 0 bridgehead atoms. The summed E-state index contributed by atoms with van der Waals surface area (Å²) in [5.74, 6) is 0. The molecule has 0 rings (SSSR count). The molecule has 0 N–H and O–H groups in total. The number of hydrogen-bond donors (Lipinski definition) is 0. The van der Waals surface area contributed by atoms with Crippen molar-refractivity contribution in [1.29, 1.82) is 0 Å². The molecule has 0 saturated heterocycles. The Bertz CT molecular complexity index is 117. The molecular weight excluding hydrogens is 153 g/mol. The predicted octanol–water partition coefficient (Wildman–Crippen LogP) is 2.85. The summed E-state index contributed by atoms with van der Waals surface area (Å²) in [6.45, 7) is 8.08. The summed E-state index contributed by atoms with van der Waals surface area (Å²) in [5, 5.41) is 0. The van der Waals surface area contributed by atoms with Crippen LogP contribution in [0.5, 0.6) is 0 Å². The van der Waals surface area contributed by atoms with E-state index in [1.165, 1.54) is 0 Å². The van der Waals surface area contributed by atoms with Gasteiger partial charge in [-0.1, -0.05) is 13.3 Å². The van der Waals surface area contributed by atoms with E-state index >= 15 is 0 Å². The van der Waals surface area contributed by atoms with Crippen molar-refractivity contribution in [2.75, 3.05) is 13.6 Å². The van der Waals surface area contributed by atoms with Crippen LogP contribution in [0.15, 0.2) is 0 Å². The lowest BCUT2D eigenvalue weighted by molar-refractivity contribution is 0.116. The molecule has 0 aromatic carbocycles. The van der Waals surface area contributed by atoms with Crippen LogP contribution in [0.1, 0.15) is 40.5 Å². The molecule has 12 heavy (non-hydrogen) atoms. The quantitative estimate of drug-likeness (QED) is 0.621. The minimum absolute atomic E-state index is 0.491. The van der Waals surface area contributed by atoms with Gasteiger partial charge in [-0.05, 0) is 34.2 Å². The van der Waals surface area contributed by atoms with Gasteiger partial charge in [0, 0.05) is 12.6 Å². The standard InChI is InChI=1S/C10H22FN/c1-6-7-9(2)12(5)8-10(3,4)11/h9H,6-8H2,1-5H3/t9-/m1/s1. The molecular formula is C10H22FN. The van der Waals surface area contributed by atoms with Crippen LogP contribution >= 0.6 is 0 Å². The zero-order chi connectivity index (χ0) is 9.78. The van der Waals surface area contributed by atoms with Gasteiger partial charge in [0.25, 0.3) is 0 Å². The Morgan fingerprint density at radius 2 is 1.92 bits per heavy atom. The van der Waals surface area contributed by atoms with E-state index in [0.717, 1.165) is 12.8 Å². The van der Waals surface area contributed by atoms with Crippen LogP contribution in [-0.2, 0) is 0 Å². The van der Waals surface area contributed by atoms with Crippen LogP contribution in [0.2, 0.25) is 0 Å². The lowest BCUT2D eigenvalue weighted by Gasteiger charge is -2.28. The molecule has 2 heteroatoms. The average Bonchev–Trinajstić information content (AvgIpc) is 1.84. The summed E-state index contributed by atoms with van der Waals surface area (Å²) in [6, 6.07) is 0.491. The van der Waals surface area contributed by atoms with E-state index in [1.54, 1.807) is 13.8 Å². The summed E-state index contributed by atoms with van der Waals surface area (Å²) in [7, 11) is 1.99. The van der Waals surface area contributed by atoms with Crippen LogP contribution in [0.3, 0.4) is 0 Å². The predicted molar refractivity (Wildman–Crippen MR) is 52.2 cm³/mol. The van der Waals surface area contributed by atoms with Crippen LogP contribution in [-0.4, -0.2) is 30.2 Å². The van der Waals surface area contributed by atoms with Crippen LogP contribution < -0.4 is 0 Å². The maximum absolute atomic E-state index is 13.2. The third-order valence-corrected chi connectivity index (χ3v) is 2.08. The van der Waals surface area contributed by atoms with Crippen molar-refractivity contribution >= 4 is 0 Å². The summed E-state index contributed by atoms with van der Waals surface area (Å²) in [4.78, 5) is 2.09. The van der Waals surface area contributed by atoms with E-state index < -0.39 is 5.67 Å². The number of hydrogen-bond acceptors (Lipinski definition) is 1. The molecule has 0 radical (unpaired) electrons. The Hall–Kier alpha value is -0.110. The fraction of sp³-hybridized carbons (Fsp3) is 1.00. The lowest BCUT2D eigenvalue weighted by atomic mass is 10.1. The summed E-state index contributed by atoms with van der Waals surface area (Å²) in [6.07, 6.45) is 2.31. The third kappa shape index (κ3) is 5.53. The second kappa shape index (κ2) is 4.80. The van der Waals surface area contributed by atoms with Gasteiger partial charge >= 0.3 is 0 Å². The Kier molecular flexibility index (Phi) is 4.76. The summed E-state index contributed by atoms with van der Waals surface area (Å²) in [5.41, 5.74) is -1.07. The first-order valence-corrected chi connectivity index (χ1v) is 4.76. The molecule has 0 amide bonds. The number of nitrogens with zero attached hydrogens (tertiary/aromatic N) is 1. The van der Waals surface area contributed by atoms with Crippen LogP contribution in [0.25, 0.3) is 0 Å². The van der Waals surface area contributed by atoms with Crippen LogP contribution in [0, 0.1) is 0 Å². The molecule has 0 spiro atoms. The highest BCUT2D eigenvalue weighted by atomic mass is 19.1. The van der Waals surface area contributed by atoms with Gasteiger partial charge in [0.15, 0.2) is 0 Å². The van der Waals surface area contributed by atoms with Crippen molar-refractivity contribution < 1.29 is 4.39 Å². The minimum atomic E-state index is -1.07. The van der Waals surface area contributed by atoms with Crippen molar-refractivity contribution in [2.45, 2.75) is 52.2 Å². The largest absolute Gasteiger partial charge is 0.301 e. The van der Waals surface area contributed by atoms with Crippen molar-refractivity contribution in [1.82, 2.24) is 4.90 Å². The Labute approximate surface area is 75.9 Å². The molecule has 74 valence electrons. The first-order chi connectivity index (χ1) is 5.37. The van der Waals surface area contributed by atoms with Gasteiger partial charge in [-0.3, -0.25) is 0 Å². The van der Waals surface area contributed by atoms with E-state index in [9.17, 15) is 4.39 Å². The molecule has 0 aliphatic rings. The van der Waals surface area contributed by atoms with Gasteiger partial charge in [0.05, 0.1) is 0 Å². The number of alkyl halides is 1. The molecule has 0 saturated carbocycles. The van der Waals surface area contributed by atoms with Gasteiger partial charge in [0.2, 0.25) is 0 Å². The molecule has 0 unspecified atom stereocenters. The first-order valence-electron chi connectivity index (χ1n) is 4.76. The van der Waals surface area contributed by atoms with Crippen molar-refractivity contribution in [3.63, 3.8) is 0 Å². The topological polar surface area (TPSA) is 3.24 Å². The van der Waals surface area contributed by atoms with Gasteiger partial charge < -0.3 is 4.90 Å². The van der Waals surface area contributed by atoms with E-state index in [4.69, 9.17) is 0 Å². The minimum Gasteiger partial charge on any atom is -0.301 e. The van der Waals surface area contributed by atoms with Gasteiger partial charge in [-0.15, -0.1) is 0 Å². The second-order valence-electron chi connectivity index (χ2n) is 4.27. The fourth-order valence-electron chi connectivity index (χ4n) is 1.39. The lowest BCUT2D eigenvalue weighted by Crippen LogP contribution is -2.38. The molecule has 1 atom stereocenters. The molecule has 0 aliphatic heterocycles. The van der Waals surface area contributed by atoms with Gasteiger partial charge in [-0.25, -0.2) is 4.39 Å². The van der Waals surface area contributed by atoms with E-state index in [-0.39, 0.29) is 0 Å². The van der Waals surface area contributed by atoms with E-state index in [2.05, 4.69) is 18.7 Å². The first kappa shape index (κ1) is 11.9. The fourth-order valence-corrected chi connectivity index (χ4v) is 1.39. The number of halogens is 1. The smallest absolute Gasteiger partial charge is 0.118 e. The molecule has 1 nitrogen and oxygen atoms in total. The maximum Gasteiger partial charge on any atom is 0.118 e. The summed E-state index contributed by atoms with van der Waals surface area (Å²) >= 11 is 0. The molecule has 0 fully saturated rings. The summed E-state index contributed by atoms with van der Waals surface area (Å²) < 4.78 is 13.2. The molecule has 0 aromatic rings. The van der Waals surface area contributed by atoms with E-state index in [1.807, 2.05) is 7.05 Å². The highest BCUT2D eigenvalue weighted by Gasteiger charge is 2.20. The van der Waals surface area contributed by atoms with E-state index in [0.29, 0.717) is 12.6 Å². The Morgan fingerprint density at radius 1 is 1.42 bits per heavy atom. The molecule has 0 aromatic heterocycles. The maximum atomic E-state index is 13.2. The molecule has 0 heterocycles. The Morgan fingerprint density at radius 3 is 2.25 bits per heavy atom. The zero-order valence-electron chi connectivity index (χ0n) is 9.02. The number of rotatable bonds is 5. The van der Waals surface area contributed by atoms with Crippen molar-refractivity contribution in [3.8, 4) is 0 Å². The monoisotopic (exact) mass is 175 g/mol. The third-order valence-electron chi connectivity index (χ3n) is 2.08. The van der Waals surface area contributed by atoms with Crippen molar-refractivity contribution in [3.05, 3.63) is 0 Å². The van der Waals surface area contributed by atoms with Crippen LogP contribution in [0.4, 0.5) is 4.39 Å². The normalized spacial score (nSPS) is 15.2. The Balaban J connectivity index is 3.78. The average molecular weight is 175 g/mol. The van der Waals surface area contributed by atoms with Gasteiger partial charge in [-0.2, -0.15) is 0 Å². The second-order valence-corrected chi connectivity index (χ2v) is 4.27. The SMILES string of the molecule is CCC[C@@H](C)N(C)CC(C)(C)F. The zero-order valence-corrected chi connectivity index (χ0v) is 9.02.